The van der Waals surface area contributed by atoms with E-state index in [0.29, 0.717) is 0 Å². The standard InChI is InChI=1S/C38H36S2/c1-2-3-4-5-6-7-8-10-13-29-20-24-33-35(26-29)39-38-34-25-21-30(27-36(34)40-37(33)38)17-16-28-18-22-32(23-19-28)31-14-11-9-12-15-31/h9,11-12,14-15,18-27H,2-8,10,13H2,1H3. The summed E-state index contributed by atoms with van der Waals surface area (Å²) >= 11 is 3.87. The van der Waals surface area contributed by atoms with Crippen LogP contribution < -0.4 is 0 Å². The Balaban J connectivity index is 1.13. The predicted octanol–water partition coefficient (Wildman–Crippen LogP) is 12.0. The highest BCUT2D eigenvalue weighted by molar-refractivity contribution is 7.36. The molecule has 0 amide bonds. The summed E-state index contributed by atoms with van der Waals surface area (Å²) in [6, 6.07) is 32.9. The van der Waals surface area contributed by atoms with Crippen molar-refractivity contribution >= 4 is 52.2 Å². The zero-order valence-electron chi connectivity index (χ0n) is 23.3. The van der Waals surface area contributed by atoms with Crippen molar-refractivity contribution in [2.24, 2.45) is 0 Å². The number of benzene rings is 4. The van der Waals surface area contributed by atoms with Crippen molar-refractivity contribution in [2.45, 2.75) is 64.7 Å². The van der Waals surface area contributed by atoms with Crippen molar-refractivity contribution in [2.75, 3.05) is 0 Å². The lowest BCUT2D eigenvalue weighted by Crippen LogP contribution is -1.86. The molecule has 0 saturated carbocycles. The lowest BCUT2D eigenvalue weighted by Gasteiger charge is -2.03. The van der Waals surface area contributed by atoms with Crippen molar-refractivity contribution in [3.8, 4) is 23.0 Å². The first-order chi connectivity index (χ1) is 19.8. The maximum Gasteiger partial charge on any atom is 0.0542 e. The number of hydrogen-bond donors (Lipinski definition) is 0. The van der Waals surface area contributed by atoms with Crippen molar-refractivity contribution in [1.29, 1.82) is 0 Å². The number of thiophene rings is 2. The minimum absolute atomic E-state index is 1.04. The Kier molecular flexibility index (Phi) is 8.62. The van der Waals surface area contributed by atoms with Gasteiger partial charge in [-0.3, -0.25) is 0 Å². The molecule has 0 radical (unpaired) electrons. The Labute approximate surface area is 246 Å². The number of unbranched alkanes of at least 4 members (excludes halogenated alkanes) is 7. The molecule has 2 aromatic heterocycles. The number of rotatable bonds is 10. The maximum atomic E-state index is 3.39. The van der Waals surface area contributed by atoms with E-state index in [2.05, 4.69) is 110 Å². The van der Waals surface area contributed by atoms with Crippen molar-refractivity contribution in [3.05, 3.63) is 108 Å². The molecule has 0 N–H and O–H groups in total. The van der Waals surface area contributed by atoms with E-state index in [1.54, 1.807) is 0 Å². The lowest BCUT2D eigenvalue weighted by molar-refractivity contribution is 0.575. The Morgan fingerprint density at radius 1 is 0.525 bits per heavy atom. The predicted molar refractivity (Wildman–Crippen MR) is 179 cm³/mol. The zero-order chi connectivity index (χ0) is 27.1. The monoisotopic (exact) mass is 556 g/mol. The largest absolute Gasteiger partial charge is 0.134 e. The third-order valence-corrected chi connectivity index (χ3v) is 10.3. The van der Waals surface area contributed by atoms with Crippen LogP contribution >= 0.6 is 22.7 Å². The van der Waals surface area contributed by atoms with Gasteiger partial charge >= 0.3 is 0 Å². The van der Waals surface area contributed by atoms with Crippen LogP contribution in [0.4, 0.5) is 0 Å². The average molecular weight is 557 g/mol. The van der Waals surface area contributed by atoms with Gasteiger partial charge in [0.2, 0.25) is 0 Å². The van der Waals surface area contributed by atoms with Crippen LogP contribution in [-0.4, -0.2) is 0 Å². The molecular weight excluding hydrogens is 521 g/mol. The highest BCUT2D eigenvalue weighted by Crippen LogP contribution is 2.44. The molecule has 6 aromatic rings. The summed E-state index contributed by atoms with van der Waals surface area (Å²) in [6.07, 6.45) is 12.2. The summed E-state index contributed by atoms with van der Waals surface area (Å²) in [6.45, 7) is 2.29. The fourth-order valence-electron chi connectivity index (χ4n) is 5.52. The van der Waals surface area contributed by atoms with Crippen LogP contribution in [0.1, 0.15) is 75.0 Å². The first-order valence-electron chi connectivity index (χ1n) is 14.8. The maximum absolute atomic E-state index is 3.39. The van der Waals surface area contributed by atoms with Gasteiger partial charge in [-0.2, -0.15) is 0 Å². The lowest BCUT2D eigenvalue weighted by atomic mass is 10.0. The number of fused-ring (bicyclic) bond motifs is 5. The Morgan fingerprint density at radius 3 is 1.82 bits per heavy atom. The molecule has 0 bridgehead atoms. The Bertz CT molecular complexity index is 1770. The van der Waals surface area contributed by atoms with Gasteiger partial charge in [-0.1, -0.05) is 124 Å². The van der Waals surface area contributed by atoms with Gasteiger partial charge in [0.25, 0.3) is 0 Å². The summed E-state index contributed by atoms with van der Waals surface area (Å²) in [5, 5.41) is 2.77. The molecule has 40 heavy (non-hydrogen) atoms. The average Bonchev–Trinajstić information content (AvgIpc) is 3.53. The van der Waals surface area contributed by atoms with Gasteiger partial charge in [0.05, 0.1) is 9.40 Å². The molecule has 0 saturated heterocycles. The second-order valence-electron chi connectivity index (χ2n) is 10.8. The van der Waals surface area contributed by atoms with Gasteiger partial charge in [0.15, 0.2) is 0 Å². The van der Waals surface area contributed by atoms with Gasteiger partial charge in [-0.05, 0) is 59.9 Å². The SMILES string of the molecule is CCCCCCCCCCc1ccc2c(c1)sc1c3ccc(C#Cc4ccc(-c5ccccc5)cc4)cc3sc21. The van der Waals surface area contributed by atoms with Crippen molar-refractivity contribution in [3.63, 3.8) is 0 Å². The third kappa shape index (κ3) is 6.17. The summed E-state index contributed by atoms with van der Waals surface area (Å²) in [7, 11) is 0. The summed E-state index contributed by atoms with van der Waals surface area (Å²) in [5.41, 5.74) is 6.06. The molecule has 0 atom stereocenters. The molecule has 4 aromatic carbocycles. The van der Waals surface area contributed by atoms with Crippen LogP contribution in [0.15, 0.2) is 91.0 Å². The van der Waals surface area contributed by atoms with E-state index in [1.165, 1.54) is 104 Å². The Morgan fingerprint density at radius 2 is 1.10 bits per heavy atom. The summed E-state index contributed by atoms with van der Waals surface area (Å²) in [4.78, 5) is 0. The highest BCUT2D eigenvalue weighted by Gasteiger charge is 2.13. The van der Waals surface area contributed by atoms with Crippen LogP contribution in [0, 0.1) is 11.8 Å². The van der Waals surface area contributed by atoms with E-state index in [4.69, 9.17) is 0 Å². The van der Waals surface area contributed by atoms with E-state index in [9.17, 15) is 0 Å². The fourth-order valence-corrected chi connectivity index (χ4v) is 8.27. The minimum atomic E-state index is 1.04. The van der Waals surface area contributed by atoms with Crippen molar-refractivity contribution < 1.29 is 0 Å². The number of aryl methyl sites for hydroxylation is 1. The fraction of sp³-hybridized carbons (Fsp3) is 0.263. The van der Waals surface area contributed by atoms with Crippen LogP contribution in [-0.2, 0) is 6.42 Å². The molecule has 2 heteroatoms. The summed E-state index contributed by atoms with van der Waals surface area (Å²) < 4.78 is 5.62. The molecule has 6 rings (SSSR count). The molecule has 0 nitrogen and oxygen atoms in total. The summed E-state index contributed by atoms with van der Waals surface area (Å²) in [5.74, 6) is 6.76. The molecule has 0 aliphatic rings. The van der Waals surface area contributed by atoms with Crippen LogP contribution in [0.2, 0.25) is 0 Å². The molecular formula is C38H36S2. The molecule has 200 valence electrons. The topological polar surface area (TPSA) is 0 Å². The van der Waals surface area contributed by atoms with Gasteiger partial charge < -0.3 is 0 Å². The van der Waals surface area contributed by atoms with E-state index in [0.717, 1.165) is 11.1 Å². The van der Waals surface area contributed by atoms with Gasteiger partial charge in [0, 0.05) is 31.3 Å². The normalized spacial score (nSPS) is 11.3. The zero-order valence-corrected chi connectivity index (χ0v) is 25.0. The molecule has 0 fully saturated rings. The first kappa shape index (κ1) is 26.8. The molecule has 0 spiro atoms. The number of hydrogen-bond acceptors (Lipinski definition) is 2. The van der Waals surface area contributed by atoms with E-state index in [1.807, 2.05) is 22.7 Å². The van der Waals surface area contributed by atoms with Gasteiger partial charge in [0.1, 0.15) is 0 Å². The molecule has 0 aliphatic heterocycles. The third-order valence-electron chi connectivity index (χ3n) is 7.81. The van der Waals surface area contributed by atoms with E-state index in [-0.39, 0.29) is 0 Å². The van der Waals surface area contributed by atoms with E-state index >= 15 is 0 Å². The van der Waals surface area contributed by atoms with Crippen LogP contribution in [0.25, 0.3) is 40.7 Å². The molecule has 2 heterocycles. The van der Waals surface area contributed by atoms with Crippen LogP contribution in [0.5, 0.6) is 0 Å². The molecule has 0 unspecified atom stereocenters. The quantitative estimate of drug-likeness (QED) is 0.116. The first-order valence-corrected chi connectivity index (χ1v) is 16.5. The second kappa shape index (κ2) is 12.9. The van der Waals surface area contributed by atoms with E-state index < -0.39 is 0 Å². The molecule has 0 aliphatic carbocycles. The Hall–Kier alpha value is -3.38. The van der Waals surface area contributed by atoms with Gasteiger partial charge in [-0.15, -0.1) is 22.7 Å². The van der Waals surface area contributed by atoms with Crippen LogP contribution in [0.3, 0.4) is 0 Å². The second-order valence-corrected chi connectivity index (χ2v) is 12.9. The smallest absolute Gasteiger partial charge is 0.0542 e. The highest BCUT2D eigenvalue weighted by atomic mass is 32.1. The van der Waals surface area contributed by atoms with Gasteiger partial charge in [-0.25, -0.2) is 0 Å². The minimum Gasteiger partial charge on any atom is -0.134 e. The van der Waals surface area contributed by atoms with Crippen molar-refractivity contribution in [1.82, 2.24) is 0 Å².